The van der Waals surface area contributed by atoms with Gasteiger partial charge < -0.3 is 10.7 Å². The van der Waals surface area contributed by atoms with Crippen LogP contribution in [0.1, 0.15) is 53.9 Å². The van der Waals surface area contributed by atoms with Gasteiger partial charge in [-0.25, -0.2) is 5.84 Å². The van der Waals surface area contributed by atoms with Crippen LogP contribution in [-0.4, -0.2) is 11.6 Å². The Bertz CT molecular complexity index is 221. The quantitative estimate of drug-likeness (QED) is 0.519. The van der Waals surface area contributed by atoms with Crippen molar-refractivity contribution in [2.75, 3.05) is 6.54 Å². The first-order valence-electron chi connectivity index (χ1n) is 6.43. The minimum Gasteiger partial charge on any atom is -0.401 e. The van der Waals surface area contributed by atoms with E-state index in [4.69, 9.17) is 11.6 Å². The largest absolute Gasteiger partial charge is 0.401 e. The van der Waals surface area contributed by atoms with Crippen LogP contribution in [0.4, 0.5) is 0 Å². The molecule has 16 heavy (non-hydrogen) atoms. The number of hydrogen-bond acceptors (Lipinski definition) is 3. The Hall–Kier alpha value is -0.700. The van der Waals surface area contributed by atoms with Crippen molar-refractivity contribution in [2.24, 2.45) is 23.4 Å². The second-order valence-electron chi connectivity index (χ2n) is 4.87. The number of nitrogens with two attached hydrogens (primary N) is 2. The van der Waals surface area contributed by atoms with Gasteiger partial charge in [-0.3, -0.25) is 0 Å². The van der Waals surface area contributed by atoms with Crippen molar-refractivity contribution in [3.05, 3.63) is 11.4 Å². The van der Waals surface area contributed by atoms with Gasteiger partial charge in [-0.1, -0.05) is 27.7 Å². The third kappa shape index (κ3) is 4.88. The zero-order valence-electron chi connectivity index (χ0n) is 11.6. The lowest BCUT2D eigenvalue weighted by molar-refractivity contribution is 0.354. The van der Waals surface area contributed by atoms with E-state index in [1.54, 1.807) is 5.01 Å². The van der Waals surface area contributed by atoms with Gasteiger partial charge in [0.2, 0.25) is 0 Å². The molecule has 0 saturated carbocycles. The highest BCUT2D eigenvalue weighted by Gasteiger charge is 2.10. The number of rotatable bonds is 7. The fourth-order valence-corrected chi connectivity index (χ4v) is 1.67. The second-order valence-corrected chi connectivity index (χ2v) is 4.87. The molecule has 0 rings (SSSR count). The van der Waals surface area contributed by atoms with Gasteiger partial charge in [-0.15, -0.1) is 0 Å². The van der Waals surface area contributed by atoms with Gasteiger partial charge in [0, 0.05) is 17.9 Å². The highest BCUT2D eigenvalue weighted by Crippen LogP contribution is 2.20. The fraction of sp³-hybridized carbons (Fsp3) is 0.846. The lowest BCUT2D eigenvalue weighted by Gasteiger charge is -2.23. The Morgan fingerprint density at radius 1 is 1.19 bits per heavy atom. The zero-order chi connectivity index (χ0) is 12.7. The zero-order valence-corrected chi connectivity index (χ0v) is 11.6. The van der Waals surface area contributed by atoms with Gasteiger partial charge in [0.1, 0.15) is 0 Å². The first-order chi connectivity index (χ1) is 7.43. The molecule has 4 N–H and O–H groups in total. The Labute approximate surface area is 101 Å². The summed E-state index contributed by atoms with van der Waals surface area (Å²) in [6.07, 6.45) is 3.01. The van der Waals surface area contributed by atoms with Crippen LogP contribution < -0.4 is 11.6 Å². The van der Waals surface area contributed by atoms with Gasteiger partial charge >= 0.3 is 0 Å². The summed E-state index contributed by atoms with van der Waals surface area (Å²) in [6.45, 7) is 11.7. The topological polar surface area (TPSA) is 55.3 Å². The molecule has 3 nitrogen and oxygen atoms in total. The Morgan fingerprint density at radius 3 is 2.12 bits per heavy atom. The molecule has 0 aliphatic rings. The Balaban J connectivity index is 4.38. The number of hydrogen-bond donors (Lipinski definition) is 2. The maximum absolute atomic E-state index is 6.11. The summed E-state index contributed by atoms with van der Waals surface area (Å²) >= 11 is 0. The van der Waals surface area contributed by atoms with Gasteiger partial charge in [0.15, 0.2) is 0 Å². The average molecular weight is 227 g/mol. The highest BCUT2D eigenvalue weighted by atomic mass is 15.4. The van der Waals surface area contributed by atoms with Gasteiger partial charge in [-0.05, 0) is 38.0 Å². The summed E-state index contributed by atoms with van der Waals surface area (Å²) in [7, 11) is 0. The maximum atomic E-state index is 6.11. The van der Waals surface area contributed by atoms with Crippen molar-refractivity contribution in [3.63, 3.8) is 0 Å². The molecule has 0 radical (unpaired) electrons. The summed E-state index contributed by atoms with van der Waals surface area (Å²) in [4.78, 5) is 0. The Morgan fingerprint density at radius 2 is 1.75 bits per heavy atom. The van der Waals surface area contributed by atoms with Crippen molar-refractivity contribution in [3.8, 4) is 0 Å². The maximum Gasteiger partial charge on any atom is 0.0475 e. The van der Waals surface area contributed by atoms with E-state index in [2.05, 4.69) is 27.7 Å². The van der Waals surface area contributed by atoms with Crippen LogP contribution in [0.15, 0.2) is 11.4 Å². The first-order valence-corrected chi connectivity index (χ1v) is 6.43. The molecular weight excluding hydrogens is 198 g/mol. The minimum absolute atomic E-state index is 0.713. The molecule has 0 fully saturated rings. The first kappa shape index (κ1) is 15.3. The molecule has 0 aromatic rings. The molecule has 0 heterocycles. The number of allylic oxidation sites excluding steroid dienone is 2. The summed E-state index contributed by atoms with van der Waals surface area (Å²) < 4.78 is 0. The molecular formula is C13H29N3. The van der Waals surface area contributed by atoms with E-state index in [-0.39, 0.29) is 0 Å². The van der Waals surface area contributed by atoms with Gasteiger partial charge in [0.25, 0.3) is 0 Å². The predicted molar refractivity (Wildman–Crippen MR) is 71.3 cm³/mol. The molecule has 1 atom stereocenters. The van der Waals surface area contributed by atoms with Crippen LogP contribution in [0.2, 0.25) is 0 Å². The normalized spacial score (nSPS) is 14.9. The molecule has 3 heteroatoms. The standard InChI is InChI=1S/C13H29N3/c1-6-13(16(15)7-2)12(14)9-8-11(5)10(3)4/h10-11H,6-9,14-15H2,1-5H3/b13-12-. The fourth-order valence-electron chi connectivity index (χ4n) is 1.67. The van der Waals surface area contributed by atoms with Crippen molar-refractivity contribution in [1.29, 1.82) is 0 Å². The molecule has 0 spiro atoms. The highest BCUT2D eigenvalue weighted by molar-refractivity contribution is 5.08. The molecule has 0 saturated heterocycles. The van der Waals surface area contributed by atoms with Crippen LogP contribution in [0.25, 0.3) is 0 Å². The van der Waals surface area contributed by atoms with E-state index in [0.717, 1.165) is 43.1 Å². The lowest BCUT2D eigenvalue weighted by Crippen LogP contribution is -2.32. The van der Waals surface area contributed by atoms with E-state index in [0.29, 0.717) is 5.92 Å². The average Bonchev–Trinajstić information content (AvgIpc) is 2.26. The van der Waals surface area contributed by atoms with Crippen molar-refractivity contribution >= 4 is 0 Å². The molecule has 0 aliphatic heterocycles. The van der Waals surface area contributed by atoms with Crippen LogP contribution in [-0.2, 0) is 0 Å². The molecule has 0 amide bonds. The summed E-state index contributed by atoms with van der Waals surface area (Å²) in [5.74, 6) is 7.32. The van der Waals surface area contributed by atoms with E-state index in [1.165, 1.54) is 0 Å². The molecule has 0 aromatic carbocycles. The smallest absolute Gasteiger partial charge is 0.0475 e. The third-order valence-electron chi connectivity index (χ3n) is 3.40. The van der Waals surface area contributed by atoms with Crippen LogP contribution in [0.5, 0.6) is 0 Å². The minimum atomic E-state index is 0.713. The number of nitrogens with zero attached hydrogens (tertiary/aromatic N) is 1. The third-order valence-corrected chi connectivity index (χ3v) is 3.40. The monoisotopic (exact) mass is 227 g/mol. The summed E-state index contributed by atoms with van der Waals surface area (Å²) in [5, 5.41) is 1.76. The summed E-state index contributed by atoms with van der Waals surface area (Å²) in [6, 6.07) is 0. The molecule has 1 unspecified atom stereocenters. The van der Waals surface area contributed by atoms with Crippen molar-refractivity contribution < 1.29 is 0 Å². The number of hydrazine groups is 1. The van der Waals surface area contributed by atoms with Crippen LogP contribution in [0, 0.1) is 11.8 Å². The van der Waals surface area contributed by atoms with E-state index in [1.807, 2.05) is 6.92 Å². The SMILES string of the molecule is CC/C(=C(/N)CCC(C)C(C)C)N(N)CC. The van der Waals surface area contributed by atoms with Crippen LogP contribution in [0.3, 0.4) is 0 Å². The van der Waals surface area contributed by atoms with E-state index in [9.17, 15) is 0 Å². The second kappa shape index (κ2) is 7.55. The van der Waals surface area contributed by atoms with Gasteiger partial charge in [0.05, 0.1) is 0 Å². The lowest BCUT2D eigenvalue weighted by atomic mass is 9.92. The van der Waals surface area contributed by atoms with Crippen molar-refractivity contribution in [2.45, 2.75) is 53.9 Å². The molecule has 0 aromatic heterocycles. The molecule has 0 aliphatic carbocycles. The van der Waals surface area contributed by atoms with Crippen LogP contribution >= 0.6 is 0 Å². The molecule has 0 bridgehead atoms. The van der Waals surface area contributed by atoms with E-state index >= 15 is 0 Å². The molecule has 96 valence electrons. The Kier molecular flexibility index (Phi) is 7.22. The summed E-state index contributed by atoms with van der Waals surface area (Å²) in [5.41, 5.74) is 8.16. The predicted octanol–water partition coefficient (Wildman–Crippen LogP) is 2.83. The van der Waals surface area contributed by atoms with E-state index < -0.39 is 0 Å². The van der Waals surface area contributed by atoms with Crippen molar-refractivity contribution in [1.82, 2.24) is 5.01 Å². The van der Waals surface area contributed by atoms with Gasteiger partial charge in [-0.2, -0.15) is 0 Å².